The SMILES string of the molecule is CCC1CCCCN1C(=O)c1ccc(NCCCOC)nn1. The number of hydrogen-bond acceptors (Lipinski definition) is 5. The fourth-order valence-corrected chi connectivity index (χ4v) is 2.81. The normalized spacial score (nSPS) is 18.3. The zero-order valence-electron chi connectivity index (χ0n) is 13.5. The topological polar surface area (TPSA) is 67.4 Å². The van der Waals surface area contributed by atoms with Crippen molar-refractivity contribution in [1.82, 2.24) is 15.1 Å². The van der Waals surface area contributed by atoms with Gasteiger partial charge in [0.1, 0.15) is 5.82 Å². The second-order valence-corrected chi connectivity index (χ2v) is 5.63. The first-order valence-electron chi connectivity index (χ1n) is 8.13. The number of likely N-dealkylation sites (tertiary alicyclic amines) is 1. The van der Waals surface area contributed by atoms with Crippen LogP contribution in [0.2, 0.25) is 0 Å². The summed E-state index contributed by atoms with van der Waals surface area (Å²) in [5, 5.41) is 11.3. The Morgan fingerprint density at radius 2 is 2.27 bits per heavy atom. The van der Waals surface area contributed by atoms with Crippen LogP contribution in [0.25, 0.3) is 0 Å². The van der Waals surface area contributed by atoms with Crippen LogP contribution in [0.15, 0.2) is 12.1 Å². The Morgan fingerprint density at radius 3 is 2.95 bits per heavy atom. The fraction of sp³-hybridized carbons (Fsp3) is 0.688. The van der Waals surface area contributed by atoms with Gasteiger partial charge in [-0.2, -0.15) is 0 Å². The van der Waals surface area contributed by atoms with Gasteiger partial charge in [0, 0.05) is 32.8 Å². The highest BCUT2D eigenvalue weighted by Crippen LogP contribution is 2.21. The van der Waals surface area contributed by atoms with E-state index in [9.17, 15) is 4.79 Å². The number of carbonyl (C=O) groups is 1. The van der Waals surface area contributed by atoms with Gasteiger partial charge in [-0.3, -0.25) is 4.79 Å². The summed E-state index contributed by atoms with van der Waals surface area (Å²) in [6, 6.07) is 3.92. The van der Waals surface area contributed by atoms with E-state index in [1.807, 2.05) is 11.0 Å². The maximum absolute atomic E-state index is 12.6. The number of rotatable bonds is 7. The van der Waals surface area contributed by atoms with Gasteiger partial charge >= 0.3 is 0 Å². The van der Waals surface area contributed by atoms with E-state index in [2.05, 4.69) is 22.4 Å². The fourth-order valence-electron chi connectivity index (χ4n) is 2.81. The molecule has 0 saturated carbocycles. The summed E-state index contributed by atoms with van der Waals surface area (Å²) in [4.78, 5) is 14.5. The van der Waals surface area contributed by atoms with Crippen LogP contribution in [-0.2, 0) is 4.74 Å². The highest BCUT2D eigenvalue weighted by molar-refractivity contribution is 5.92. The maximum Gasteiger partial charge on any atom is 0.274 e. The molecule has 0 aromatic carbocycles. The van der Waals surface area contributed by atoms with Crippen LogP contribution < -0.4 is 5.32 Å². The lowest BCUT2D eigenvalue weighted by atomic mass is 9.99. The average molecular weight is 306 g/mol. The van der Waals surface area contributed by atoms with Crippen molar-refractivity contribution in [3.8, 4) is 0 Å². The first-order chi connectivity index (χ1) is 10.8. The number of methoxy groups -OCH3 is 1. The van der Waals surface area contributed by atoms with E-state index in [0.717, 1.165) is 38.8 Å². The van der Waals surface area contributed by atoms with Crippen molar-refractivity contribution in [2.45, 2.75) is 45.1 Å². The van der Waals surface area contributed by atoms with Crippen molar-refractivity contribution in [3.63, 3.8) is 0 Å². The highest BCUT2D eigenvalue weighted by atomic mass is 16.5. The molecule has 6 heteroatoms. The van der Waals surface area contributed by atoms with E-state index in [1.54, 1.807) is 13.2 Å². The van der Waals surface area contributed by atoms with Crippen molar-refractivity contribution < 1.29 is 9.53 Å². The third kappa shape index (κ3) is 4.40. The third-order valence-corrected chi connectivity index (χ3v) is 4.07. The molecule has 2 heterocycles. The minimum atomic E-state index is 0.00461. The Kier molecular flexibility index (Phi) is 6.58. The van der Waals surface area contributed by atoms with Crippen molar-refractivity contribution in [3.05, 3.63) is 17.8 Å². The first-order valence-corrected chi connectivity index (χ1v) is 8.13. The number of hydrogen-bond donors (Lipinski definition) is 1. The Balaban J connectivity index is 1.92. The zero-order chi connectivity index (χ0) is 15.8. The molecule has 1 N–H and O–H groups in total. The van der Waals surface area contributed by atoms with E-state index in [4.69, 9.17) is 4.74 Å². The second kappa shape index (κ2) is 8.68. The number of piperidine rings is 1. The first kappa shape index (κ1) is 16.7. The number of carbonyl (C=O) groups excluding carboxylic acids is 1. The molecule has 1 amide bonds. The molecular formula is C16H26N4O2. The number of amides is 1. The average Bonchev–Trinajstić information content (AvgIpc) is 2.58. The summed E-state index contributed by atoms with van der Waals surface area (Å²) in [5.74, 6) is 0.698. The van der Waals surface area contributed by atoms with Crippen LogP contribution in [0.4, 0.5) is 5.82 Å². The summed E-state index contributed by atoms with van der Waals surface area (Å²) in [7, 11) is 1.68. The van der Waals surface area contributed by atoms with Gasteiger partial charge in [0.05, 0.1) is 0 Å². The van der Waals surface area contributed by atoms with E-state index in [0.29, 0.717) is 24.2 Å². The van der Waals surface area contributed by atoms with Gasteiger partial charge in [-0.1, -0.05) is 6.92 Å². The molecule has 22 heavy (non-hydrogen) atoms. The number of nitrogens with one attached hydrogen (secondary N) is 1. The van der Waals surface area contributed by atoms with E-state index < -0.39 is 0 Å². The van der Waals surface area contributed by atoms with Crippen molar-refractivity contribution in [2.24, 2.45) is 0 Å². The van der Waals surface area contributed by atoms with Crippen LogP contribution in [-0.4, -0.2) is 53.9 Å². The Morgan fingerprint density at radius 1 is 1.41 bits per heavy atom. The van der Waals surface area contributed by atoms with E-state index >= 15 is 0 Å². The lowest BCUT2D eigenvalue weighted by Gasteiger charge is -2.34. The summed E-state index contributed by atoms with van der Waals surface area (Å²) in [6.45, 7) is 4.45. The van der Waals surface area contributed by atoms with E-state index in [-0.39, 0.29) is 5.91 Å². The minimum Gasteiger partial charge on any atom is -0.385 e. The molecule has 1 atom stereocenters. The lowest BCUT2D eigenvalue weighted by Crippen LogP contribution is -2.43. The molecule has 1 unspecified atom stereocenters. The molecule has 1 fully saturated rings. The summed E-state index contributed by atoms with van der Waals surface area (Å²) in [6.07, 6.45) is 5.28. The molecule has 1 saturated heterocycles. The Hall–Kier alpha value is -1.69. The van der Waals surface area contributed by atoms with Crippen molar-refractivity contribution in [2.75, 3.05) is 32.1 Å². The smallest absolute Gasteiger partial charge is 0.274 e. The van der Waals surface area contributed by atoms with Gasteiger partial charge in [0.15, 0.2) is 5.69 Å². The Labute approximate surface area is 132 Å². The van der Waals surface area contributed by atoms with Crippen molar-refractivity contribution >= 4 is 11.7 Å². The quantitative estimate of drug-likeness (QED) is 0.783. The van der Waals surface area contributed by atoms with Crippen molar-refractivity contribution in [1.29, 1.82) is 0 Å². The molecule has 122 valence electrons. The molecular weight excluding hydrogens is 280 g/mol. The lowest BCUT2D eigenvalue weighted by molar-refractivity contribution is 0.0601. The van der Waals surface area contributed by atoms with E-state index in [1.165, 1.54) is 6.42 Å². The van der Waals surface area contributed by atoms with Crippen LogP contribution in [0.3, 0.4) is 0 Å². The van der Waals surface area contributed by atoms with Crippen LogP contribution >= 0.6 is 0 Å². The largest absolute Gasteiger partial charge is 0.385 e. The van der Waals surface area contributed by atoms with Crippen LogP contribution in [0, 0.1) is 0 Å². The maximum atomic E-state index is 12.6. The predicted octanol–water partition coefficient (Wildman–Crippen LogP) is 2.33. The number of nitrogens with zero attached hydrogens (tertiary/aromatic N) is 3. The molecule has 6 nitrogen and oxygen atoms in total. The summed E-state index contributed by atoms with van der Waals surface area (Å²) in [5.41, 5.74) is 0.433. The molecule has 1 aromatic heterocycles. The second-order valence-electron chi connectivity index (χ2n) is 5.63. The number of aromatic nitrogens is 2. The standard InChI is InChI=1S/C16H26N4O2/c1-3-13-7-4-5-11-20(13)16(21)14-8-9-15(19-18-14)17-10-6-12-22-2/h8-9,13H,3-7,10-12H2,1-2H3,(H,17,19). The predicted molar refractivity (Wildman–Crippen MR) is 86.0 cm³/mol. The van der Waals surface area contributed by atoms with Gasteiger partial charge in [-0.25, -0.2) is 0 Å². The molecule has 0 radical (unpaired) electrons. The van der Waals surface area contributed by atoms with Gasteiger partial charge in [0.25, 0.3) is 5.91 Å². The van der Waals surface area contributed by atoms with Crippen LogP contribution in [0.5, 0.6) is 0 Å². The number of anilines is 1. The molecule has 1 aromatic rings. The molecule has 1 aliphatic rings. The van der Waals surface area contributed by atoms with Gasteiger partial charge in [0.2, 0.25) is 0 Å². The Bertz CT molecular complexity index is 464. The van der Waals surface area contributed by atoms with Gasteiger partial charge in [-0.15, -0.1) is 10.2 Å². The van der Waals surface area contributed by atoms with Gasteiger partial charge < -0.3 is 15.0 Å². The molecule has 0 bridgehead atoms. The zero-order valence-corrected chi connectivity index (χ0v) is 13.5. The molecule has 1 aliphatic heterocycles. The third-order valence-electron chi connectivity index (χ3n) is 4.07. The highest BCUT2D eigenvalue weighted by Gasteiger charge is 2.27. The van der Waals surface area contributed by atoms with Gasteiger partial charge in [-0.05, 0) is 44.2 Å². The summed E-state index contributed by atoms with van der Waals surface area (Å²) < 4.78 is 4.99. The molecule has 0 aliphatic carbocycles. The molecule has 2 rings (SSSR count). The molecule has 0 spiro atoms. The summed E-state index contributed by atoms with van der Waals surface area (Å²) >= 11 is 0. The van der Waals surface area contributed by atoms with Crippen LogP contribution in [0.1, 0.15) is 49.5 Å². The minimum absolute atomic E-state index is 0.00461. The monoisotopic (exact) mass is 306 g/mol. The number of ether oxygens (including phenoxy) is 1.